The second-order valence-electron chi connectivity index (χ2n) is 9.46. The van der Waals surface area contributed by atoms with E-state index in [-0.39, 0.29) is 6.17 Å². The first-order valence-electron chi connectivity index (χ1n) is 12.3. The lowest BCUT2D eigenvalue weighted by Crippen LogP contribution is -2.28. The van der Waals surface area contributed by atoms with Gasteiger partial charge in [-0.15, -0.1) is 0 Å². The normalized spacial score (nSPS) is 15.2. The molecule has 0 radical (unpaired) electrons. The SMILES string of the molecule is CC1Nc2ccccc2N1c1cccc(-c2c3oc4ccccc4c3cc3c2oc2ccccc23)c1. The highest BCUT2D eigenvalue weighted by atomic mass is 16.3. The molecule has 4 nitrogen and oxygen atoms in total. The molecule has 172 valence electrons. The molecule has 1 N–H and O–H groups in total. The van der Waals surface area contributed by atoms with Gasteiger partial charge in [0.2, 0.25) is 0 Å². The number of rotatable bonds is 2. The van der Waals surface area contributed by atoms with Gasteiger partial charge < -0.3 is 19.1 Å². The molecule has 5 aromatic carbocycles. The lowest BCUT2D eigenvalue weighted by atomic mass is 9.98. The van der Waals surface area contributed by atoms with E-state index in [1.54, 1.807) is 0 Å². The Kier molecular flexibility index (Phi) is 3.89. The Morgan fingerprint density at radius 3 is 2.00 bits per heavy atom. The van der Waals surface area contributed by atoms with Crippen LogP contribution in [0.5, 0.6) is 0 Å². The van der Waals surface area contributed by atoms with E-state index in [0.29, 0.717) is 0 Å². The van der Waals surface area contributed by atoms with E-state index in [4.69, 9.17) is 8.83 Å². The standard InChI is InChI=1S/C32H22N2O2/c1-19-33-26-13-4-5-14-27(26)34(19)21-10-8-9-20(17-21)30-31-24(22-11-2-6-15-28(22)35-31)18-25-23-12-3-7-16-29(23)36-32(25)30/h2-19,33H,1H3. The molecule has 0 spiro atoms. The van der Waals surface area contributed by atoms with Crippen molar-refractivity contribution in [1.82, 2.24) is 0 Å². The lowest BCUT2D eigenvalue weighted by Gasteiger charge is -2.24. The predicted molar refractivity (Wildman–Crippen MR) is 148 cm³/mol. The van der Waals surface area contributed by atoms with Gasteiger partial charge in [-0.2, -0.15) is 0 Å². The molecular weight excluding hydrogens is 444 g/mol. The topological polar surface area (TPSA) is 41.5 Å². The van der Waals surface area contributed by atoms with Crippen molar-refractivity contribution in [2.45, 2.75) is 13.1 Å². The minimum atomic E-state index is 0.144. The average molecular weight is 467 g/mol. The molecule has 0 bridgehead atoms. The minimum Gasteiger partial charge on any atom is -0.455 e. The maximum absolute atomic E-state index is 6.50. The van der Waals surface area contributed by atoms with Crippen molar-refractivity contribution in [3.8, 4) is 11.1 Å². The fraction of sp³-hybridized carbons (Fsp3) is 0.0625. The van der Waals surface area contributed by atoms with E-state index < -0.39 is 0 Å². The Morgan fingerprint density at radius 2 is 1.28 bits per heavy atom. The van der Waals surface area contributed by atoms with Gasteiger partial charge in [0.1, 0.15) is 28.5 Å². The molecule has 3 heterocycles. The molecule has 1 atom stereocenters. The van der Waals surface area contributed by atoms with Gasteiger partial charge in [0, 0.05) is 27.2 Å². The van der Waals surface area contributed by atoms with Crippen LogP contribution in [-0.4, -0.2) is 6.17 Å². The average Bonchev–Trinajstić information content (AvgIpc) is 3.57. The molecule has 1 aliphatic heterocycles. The van der Waals surface area contributed by atoms with E-state index in [0.717, 1.165) is 66.4 Å². The van der Waals surface area contributed by atoms with Crippen LogP contribution in [0.3, 0.4) is 0 Å². The summed E-state index contributed by atoms with van der Waals surface area (Å²) in [6.45, 7) is 2.18. The second-order valence-corrected chi connectivity index (χ2v) is 9.46. The number of nitrogens with zero attached hydrogens (tertiary/aromatic N) is 1. The summed E-state index contributed by atoms with van der Waals surface area (Å²) in [5, 5.41) is 8.02. The summed E-state index contributed by atoms with van der Waals surface area (Å²) in [4.78, 5) is 2.34. The van der Waals surface area contributed by atoms with E-state index in [2.05, 4.69) is 96.0 Å². The zero-order valence-corrected chi connectivity index (χ0v) is 19.7. The molecule has 0 saturated heterocycles. The number of hydrogen-bond acceptors (Lipinski definition) is 4. The first-order valence-corrected chi connectivity index (χ1v) is 12.3. The summed E-state index contributed by atoms with van der Waals surface area (Å²) < 4.78 is 13.0. The first-order chi connectivity index (χ1) is 17.8. The predicted octanol–water partition coefficient (Wildman–Crippen LogP) is 9.06. The molecule has 0 aliphatic carbocycles. The highest BCUT2D eigenvalue weighted by Crippen LogP contribution is 2.46. The monoisotopic (exact) mass is 466 g/mol. The van der Waals surface area contributed by atoms with Gasteiger partial charge >= 0.3 is 0 Å². The fourth-order valence-corrected chi connectivity index (χ4v) is 5.78. The van der Waals surface area contributed by atoms with Gasteiger partial charge in [-0.05, 0) is 55.0 Å². The smallest absolute Gasteiger partial charge is 0.147 e. The van der Waals surface area contributed by atoms with Crippen LogP contribution in [0.2, 0.25) is 0 Å². The Balaban J connectivity index is 1.44. The molecular formula is C32H22N2O2. The van der Waals surface area contributed by atoms with Crippen molar-refractivity contribution in [2.75, 3.05) is 10.2 Å². The molecule has 4 heteroatoms. The van der Waals surface area contributed by atoms with Crippen molar-refractivity contribution in [3.63, 3.8) is 0 Å². The number of furan rings is 2. The summed E-state index contributed by atoms with van der Waals surface area (Å²) in [5.74, 6) is 0. The van der Waals surface area contributed by atoms with Crippen LogP contribution in [0.1, 0.15) is 6.92 Å². The Hall–Kier alpha value is -4.70. The van der Waals surface area contributed by atoms with Gasteiger partial charge in [0.25, 0.3) is 0 Å². The van der Waals surface area contributed by atoms with Crippen LogP contribution < -0.4 is 10.2 Å². The summed E-state index contributed by atoms with van der Waals surface area (Å²) >= 11 is 0. The van der Waals surface area contributed by atoms with Crippen LogP contribution >= 0.6 is 0 Å². The van der Waals surface area contributed by atoms with Crippen LogP contribution in [0, 0.1) is 0 Å². The van der Waals surface area contributed by atoms with Crippen molar-refractivity contribution in [2.24, 2.45) is 0 Å². The van der Waals surface area contributed by atoms with E-state index >= 15 is 0 Å². The van der Waals surface area contributed by atoms with Gasteiger partial charge in [0.05, 0.1) is 16.9 Å². The van der Waals surface area contributed by atoms with Crippen molar-refractivity contribution in [3.05, 3.63) is 103 Å². The summed E-state index contributed by atoms with van der Waals surface area (Å²) in [6, 6.07) is 35.8. The molecule has 2 aromatic heterocycles. The Morgan fingerprint density at radius 1 is 0.639 bits per heavy atom. The second kappa shape index (κ2) is 7.15. The van der Waals surface area contributed by atoms with Gasteiger partial charge in [-0.1, -0.05) is 60.7 Å². The highest BCUT2D eigenvalue weighted by Gasteiger charge is 2.27. The van der Waals surface area contributed by atoms with E-state index in [9.17, 15) is 0 Å². The van der Waals surface area contributed by atoms with E-state index in [1.165, 1.54) is 5.69 Å². The molecule has 1 unspecified atom stereocenters. The minimum absolute atomic E-state index is 0.144. The van der Waals surface area contributed by atoms with Crippen LogP contribution in [0.15, 0.2) is 112 Å². The number of benzene rings is 5. The van der Waals surface area contributed by atoms with Crippen molar-refractivity contribution >= 4 is 60.9 Å². The van der Waals surface area contributed by atoms with Crippen LogP contribution in [0.25, 0.3) is 55.0 Å². The van der Waals surface area contributed by atoms with Crippen molar-refractivity contribution in [1.29, 1.82) is 0 Å². The molecule has 8 rings (SSSR count). The van der Waals surface area contributed by atoms with Gasteiger partial charge in [0.15, 0.2) is 0 Å². The third kappa shape index (κ3) is 2.64. The third-order valence-electron chi connectivity index (χ3n) is 7.34. The van der Waals surface area contributed by atoms with E-state index in [1.807, 2.05) is 24.3 Å². The number of para-hydroxylation sites is 4. The number of fused-ring (bicyclic) bond motifs is 7. The molecule has 0 saturated carbocycles. The number of nitrogens with one attached hydrogen (secondary N) is 1. The van der Waals surface area contributed by atoms with Gasteiger partial charge in [-0.3, -0.25) is 0 Å². The maximum Gasteiger partial charge on any atom is 0.147 e. The fourth-order valence-electron chi connectivity index (χ4n) is 5.78. The largest absolute Gasteiger partial charge is 0.455 e. The number of anilines is 3. The molecule has 1 aliphatic rings. The summed E-state index contributed by atoms with van der Waals surface area (Å²) in [7, 11) is 0. The third-order valence-corrected chi connectivity index (χ3v) is 7.34. The molecule has 36 heavy (non-hydrogen) atoms. The highest BCUT2D eigenvalue weighted by molar-refractivity contribution is 6.22. The first kappa shape index (κ1) is 19.6. The molecule has 0 fully saturated rings. The Bertz CT molecular complexity index is 1870. The Labute approximate surface area is 207 Å². The molecule has 0 amide bonds. The quantitative estimate of drug-likeness (QED) is 0.276. The maximum atomic E-state index is 6.50. The molecule has 7 aromatic rings. The summed E-state index contributed by atoms with van der Waals surface area (Å²) in [5.41, 5.74) is 8.98. The van der Waals surface area contributed by atoms with Crippen LogP contribution in [-0.2, 0) is 0 Å². The number of hydrogen-bond donors (Lipinski definition) is 1. The lowest BCUT2D eigenvalue weighted by molar-refractivity contribution is 0.658. The van der Waals surface area contributed by atoms with Crippen molar-refractivity contribution < 1.29 is 8.83 Å². The van der Waals surface area contributed by atoms with Gasteiger partial charge in [-0.25, -0.2) is 0 Å². The van der Waals surface area contributed by atoms with Crippen LogP contribution in [0.4, 0.5) is 17.1 Å². The zero-order chi connectivity index (χ0) is 23.8. The summed E-state index contributed by atoms with van der Waals surface area (Å²) in [6.07, 6.45) is 0.144. The zero-order valence-electron chi connectivity index (χ0n) is 19.7.